The minimum Gasteiger partial charge on any atom is -0.362 e. The van der Waals surface area contributed by atoms with Gasteiger partial charge in [-0.25, -0.2) is 9.23 Å². The van der Waals surface area contributed by atoms with Crippen LogP contribution in [-0.2, 0) is 11.4 Å². The number of guanidine groups is 1. The number of nitrogens with one attached hydrogen (secondary N) is 2. The van der Waals surface area contributed by atoms with E-state index in [2.05, 4.69) is 45.6 Å². The van der Waals surface area contributed by atoms with Crippen molar-refractivity contribution in [2.24, 2.45) is 21.8 Å². The van der Waals surface area contributed by atoms with Gasteiger partial charge in [-0.05, 0) is 44.2 Å². The van der Waals surface area contributed by atoms with E-state index in [1.807, 2.05) is 31.1 Å². The molecule has 0 heterocycles. The molecular formula is C28H40FN6O2+. The van der Waals surface area contributed by atoms with E-state index in [-0.39, 0.29) is 16.5 Å². The first kappa shape index (κ1) is 28.2. The summed E-state index contributed by atoms with van der Waals surface area (Å²) in [5, 5.41) is 6.93. The number of aliphatic imine (C=N–C) groups is 2. The molecule has 1 aromatic carbocycles. The van der Waals surface area contributed by atoms with Crippen molar-refractivity contribution in [2.75, 3.05) is 34.8 Å². The standard InChI is InChI=1S/C28H40FN6O2/c1-20-9-7-6-8-10-25(20)27(34(3)4)33-28(30-2)32-23-14-11-21(12-15-23)18-31-19-22-13-16-24(17-26(22)29)35(36)37-5/h6-10,13,16-17,20-21,23,31H,11-12,14-15,18-19H2,1-5H3,(H,30,32)/q+1/b33-27+. The molecule has 1 aromatic rings. The fourth-order valence-corrected chi connectivity index (χ4v) is 4.66. The van der Waals surface area contributed by atoms with Crippen LogP contribution in [0.15, 0.2) is 64.1 Å². The van der Waals surface area contributed by atoms with E-state index >= 15 is 0 Å². The summed E-state index contributed by atoms with van der Waals surface area (Å²) >= 11 is 0. The summed E-state index contributed by atoms with van der Waals surface area (Å²) in [4.78, 5) is 27.7. The van der Waals surface area contributed by atoms with Gasteiger partial charge in [-0.1, -0.05) is 37.3 Å². The molecule has 2 aliphatic rings. The van der Waals surface area contributed by atoms with Gasteiger partial charge in [0.15, 0.2) is 7.11 Å². The Morgan fingerprint density at radius 1 is 1.19 bits per heavy atom. The lowest BCUT2D eigenvalue weighted by atomic mass is 9.86. The summed E-state index contributed by atoms with van der Waals surface area (Å²) in [5.41, 5.74) is 1.83. The Labute approximate surface area is 219 Å². The lowest BCUT2D eigenvalue weighted by Gasteiger charge is -2.30. The van der Waals surface area contributed by atoms with Gasteiger partial charge in [-0.2, -0.15) is 4.99 Å². The maximum Gasteiger partial charge on any atom is 0.319 e. The third kappa shape index (κ3) is 8.08. The fraction of sp³-hybridized carbons (Fsp3) is 0.500. The van der Waals surface area contributed by atoms with Crippen LogP contribution in [0.1, 0.15) is 38.2 Å². The number of allylic oxidation sites excluding steroid dienone is 5. The molecule has 3 rings (SSSR count). The zero-order valence-electron chi connectivity index (χ0n) is 22.6. The Bertz CT molecular complexity index is 1080. The number of rotatable bonds is 8. The number of nitrogens with zero attached hydrogens (tertiary/aromatic N) is 4. The van der Waals surface area contributed by atoms with Crippen molar-refractivity contribution in [3.63, 3.8) is 0 Å². The molecule has 2 aliphatic carbocycles. The molecule has 1 fully saturated rings. The first-order valence-corrected chi connectivity index (χ1v) is 12.9. The van der Waals surface area contributed by atoms with Crippen molar-refractivity contribution in [3.8, 4) is 0 Å². The Balaban J connectivity index is 1.49. The normalized spacial score (nSPS) is 22.3. The smallest absolute Gasteiger partial charge is 0.319 e. The monoisotopic (exact) mass is 511 g/mol. The van der Waals surface area contributed by atoms with Crippen molar-refractivity contribution in [2.45, 2.75) is 45.2 Å². The minimum atomic E-state index is -0.416. The molecule has 0 saturated heterocycles. The van der Waals surface area contributed by atoms with Crippen LogP contribution >= 0.6 is 0 Å². The second-order valence-electron chi connectivity index (χ2n) is 9.77. The summed E-state index contributed by atoms with van der Waals surface area (Å²) in [6.45, 7) is 3.42. The highest BCUT2D eigenvalue weighted by molar-refractivity contribution is 6.06. The quantitative estimate of drug-likeness (QED) is 0.301. The van der Waals surface area contributed by atoms with Crippen molar-refractivity contribution >= 4 is 17.5 Å². The lowest BCUT2D eigenvalue weighted by Crippen LogP contribution is -2.39. The number of likely N-dealkylation sites (N-methyl/N-ethyl adjacent to an activating group) is 1. The molecule has 8 nitrogen and oxygen atoms in total. The molecule has 9 heteroatoms. The van der Waals surface area contributed by atoms with Crippen LogP contribution in [0.4, 0.5) is 10.1 Å². The second-order valence-corrected chi connectivity index (χ2v) is 9.77. The zero-order chi connectivity index (χ0) is 26.8. The topological polar surface area (TPSA) is 81.3 Å². The van der Waals surface area contributed by atoms with E-state index in [4.69, 9.17) is 4.99 Å². The zero-order valence-corrected chi connectivity index (χ0v) is 22.6. The number of halogens is 1. The molecule has 0 amide bonds. The third-order valence-electron chi connectivity index (χ3n) is 6.84. The molecule has 1 unspecified atom stereocenters. The SMILES string of the molecule is CN=C(/N=C(\C1=CC=CC=CC1C)N(C)C)NC1CCC(CNCc2ccc([N+](=O)OC)cc2F)CC1. The largest absolute Gasteiger partial charge is 0.362 e. The van der Waals surface area contributed by atoms with Crippen LogP contribution < -0.4 is 10.6 Å². The maximum absolute atomic E-state index is 14.3. The predicted octanol–water partition coefficient (Wildman–Crippen LogP) is 4.67. The molecule has 1 atom stereocenters. The Kier molecular flexibility index (Phi) is 10.6. The summed E-state index contributed by atoms with van der Waals surface area (Å²) in [6, 6.07) is 4.70. The lowest BCUT2D eigenvalue weighted by molar-refractivity contribution is -0.736. The van der Waals surface area contributed by atoms with E-state index in [1.165, 1.54) is 13.2 Å². The molecule has 0 radical (unpaired) electrons. The van der Waals surface area contributed by atoms with Crippen LogP contribution in [0.25, 0.3) is 0 Å². The molecule has 200 valence electrons. The molecule has 2 N–H and O–H groups in total. The van der Waals surface area contributed by atoms with Gasteiger partial charge < -0.3 is 15.5 Å². The number of amidine groups is 1. The first-order valence-electron chi connectivity index (χ1n) is 12.9. The third-order valence-corrected chi connectivity index (χ3v) is 6.84. The maximum atomic E-state index is 14.3. The van der Waals surface area contributed by atoms with Crippen molar-refractivity contribution < 1.29 is 14.2 Å². The molecule has 0 spiro atoms. The van der Waals surface area contributed by atoms with Crippen LogP contribution in [0, 0.1) is 22.6 Å². The summed E-state index contributed by atoms with van der Waals surface area (Å²) in [5.74, 6) is 1.93. The van der Waals surface area contributed by atoms with Gasteiger partial charge in [-0.15, -0.1) is 0 Å². The summed E-state index contributed by atoms with van der Waals surface area (Å²) in [6.07, 6.45) is 14.6. The van der Waals surface area contributed by atoms with E-state index < -0.39 is 5.82 Å². The number of hydrogen-bond donors (Lipinski definition) is 2. The highest BCUT2D eigenvalue weighted by atomic mass is 19.1. The summed E-state index contributed by atoms with van der Waals surface area (Å²) < 4.78 is 14.3. The minimum absolute atomic E-state index is 0.140. The number of benzene rings is 1. The number of hydrogen-bond acceptors (Lipinski definition) is 4. The van der Waals surface area contributed by atoms with Crippen molar-refractivity contribution in [3.05, 3.63) is 70.4 Å². The van der Waals surface area contributed by atoms with Gasteiger partial charge in [0.25, 0.3) is 4.92 Å². The molecule has 0 bridgehead atoms. The van der Waals surface area contributed by atoms with Crippen LogP contribution in [0.3, 0.4) is 0 Å². The average molecular weight is 512 g/mol. The predicted molar refractivity (Wildman–Crippen MR) is 147 cm³/mol. The van der Waals surface area contributed by atoms with Crippen molar-refractivity contribution in [1.82, 2.24) is 15.5 Å². The van der Waals surface area contributed by atoms with Crippen molar-refractivity contribution in [1.29, 1.82) is 0 Å². The van der Waals surface area contributed by atoms with Crippen LogP contribution in [0.5, 0.6) is 0 Å². The molecule has 1 saturated carbocycles. The van der Waals surface area contributed by atoms with E-state index in [0.29, 0.717) is 30.0 Å². The van der Waals surface area contributed by atoms with E-state index in [1.54, 1.807) is 19.2 Å². The van der Waals surface area contributed by atoms with Gasteiger partial charge in [-0.3, -0.25) is 4.99 Å². The highest BCUT2D eigenvalue weighted by Gasteiger charge is 2.23. The Hall–Kier alpha value is -3.33. The Morgan fingerprint density at radius 2 is 1.95 bits per heavy atom. The molecule has 37 heavy (non-hydrogen) atoms. The van der Waals surface area contributed by atoms with Gasteiger partial charge >= 0.3 is 5.69 Å². The fourth-order valence-electron chi connectivity index (χ4n) is 4.66. The van der Waals surface area contributed by atoms with E-state index in [9.17, 15) is 9.30 Å². The second kappa shape index (κ2) is 13.8. The average Bonchev–Trinajstić information content (AvgIpc) is 3.11. The van der Waals surface area contributed by atoms with Crippen LogP contribution in [-0.4, -0.2) is 62.5 Å². The Morgan fingerprint density at radius 3 is 2.59 bits per heavy atom. The highest BCUT2D eigenvalue weighted by Crippen LogP contribution is 2.25. The van der Waals surface area contributed by atoms with Gasteiger partial charge in [0.05, 0.1) is 11.0 Å². The molecule has 0 aromatic heterocycles. The van der Waals surface area contributed by atoms with E-state index in [0.717, 1.165) is 43.6 Å². The van der Waals surface area contributed by atoms with Gasteiger partial charge in [0.2, 0.25) is 5.96 Å². The van der Waals surface area contributed by atoms with Gasteiger partial charge in [0.1, 0.15) is 11.7 Å². The summed E-state index contributed by atoms with van der Waals surface area (Å²) in [7, 11) is 7.04. The molecule has 0 aliphatic heterocycles. The van der Waals surface area contributed by atoms with Gasteiger partial charge in [0, 0.05) is 56.9 Å². The first-order chi connectivity index (χ1) is 17.8. The molecular weight excluding hydrogens is 471 g/mol. The van der Waals surface area contributed by atoms with Crippen LogP contribution in [0.2, 0.25) is 0 Å².